The van der Waals surface area contributed by atoms with Crippen molar-refractivity contribution in [2.75, 3.05) is 0 Å². The van der Waals surface area contributed by atoms with Gasteiger partial charge >= 0.3 is 11.9 Å². The molecule has 0 aliphatic heterocycles. The third-order valence-corrected chi connectivity index (χ3v) is 5.76. The number of carboxylic acids is 2. The van der Waals surface area contributed by atoms with Gasteiger partial charge in [0.25, 0.3) is 0 Å². The molecule has 8 heteroatoms. The van der Waals surface area contributed by atoms with Crippen molar-refractivity contribution in [3.63, 3.8) is 0 Å². The predicted octanol–water partition coefficient (Wildman–Crippen LogP) is 6.96. The molecule has 0 radical (unpaired) electrons. The fraction of sp³-hybridized carbons (Fsp3) is 0.889. The van der Waals surface area contributed by atoms with Gasteiger partial charge in [-0.15, -0.1) is 0 Å². The van der Waals surface area contributed by atoms with Gasteiger partial charge in [0.1, 0.15) is 0 Å². The summed E-state index contributed by atoms with van der Waals surface area (Å²) in [6.07, 6.45) is 13.2. The number of carboxylic acid groups (broad SMARTS) is 2. The molecule has 0 unspecified atom stereocenters. The summed E-state index contributed by atoms with van der Waals surface area (Å²) in [5.41, 5.74) is 0. The fourth-order valence-corrected chi connectivity index (χ4v) is 3.21. The first-order valence-corrected chi connectivity index (χ1v) is 10.8. The maximum atomic E-state index is 10.7. The normalized spacial score (nSPS) is 12.3. The van der Waals surface area contributed by atoms with Crippen LogP contribution < -0.4 is 0 Å². The van der Waals surface area contributed by atoms with Crippen LogP contribution in [0, 0.1) is 0 Å². The minimum atomic E-state index is -1.65. The van der Waals surface area contributed by atoms with Crippen molar-refractivity contribution in [3.8, 4) is 0 Å². The van der Waals surface area contributed by atoms with E-state index in [2.05, 4.69) is 0 Å². The summed E-state index contributed by atoms with van der Waals surface area (Å²) in [4.78, 5) is 21.5. The minimum Gasteiger partial charge on any atom is -0.479 e. The summed E-state index contributed by atoms with van der Waals surface area (Å²) < 4.78 is -3.30. The SMILES string of the molecule is O=C(O)C(Cl)(Cl)CCCCCCCCCCCCCCC(Cl)(Cl)C(=O)O. The van der Waals surface area contributed by atoms with Crippen LogP contribution in [0.3, 0.4) is 0 Å². The van der Waals surface area contributed by atoms with Gasteiger partial charge in [0.15, 0.2) is 0 Å². The maximum Gasteiger partial charge on any atom is 0.340 e. The zero-order chi connectivity index (χ0) is 20.1. The number of alkyl halides is 4. The monoisotopic (exact) mass is 450 g/mol. The predicted molar refractivity (Wildman–Crippen MR) is 109 cm³/mol. The van der Waals surface area contributed by atoms with Gasteiger partial charge in [0, 0.05) is 0 Å². The van der Waals surface area contributed by atoms with Crippen LogP contribution in [0.4, 0.5) is 0 Å². The molecule has 0 saturated heterocycles. The molecular weight excluding hydrogens is 422 g/mol. The van der Waals surface area contributed by atoms with Crippen molar-refractivity contribution < 1.29 is 19.8 Å². The first-order valence-electron chi connectivity index (χ1n) is 9.32. The molecule has 0 aromatic carbocycles. The van der Waals surface area contributed by atoms with Crippen LogP contribution in [-0.2, 0) is 9.59 Å². The summed E-state index contributed by atoms with van der Waals surface area (Å²) in [6, 6.07) is 0. The van der Waals surface area contributed by atoms with E-state index in [0.29, 0.717) is 0 Å². The van der Waals surface area contributed by atoms with Gasteiger partial charge < -0.3 is 10.2 Å². The summed E-state index contributed by atoms with van der Waals surface area (Å²) in [5, 5.41) is 17.6. The Morgan fingerprint density at radius 3 is 0.885 bits per heavy atom. The lowest BCUT2D eigenvalue weighted by molar-refractivity contribution is -0.138. The Morgan fingerprint density at radius 2 is 0.692 bits per heavy atom. The molecule has 0 saturated carbocycles. The van der Waals surface area contributed by atoms with Gasteiger partial charge in [-0.1, -0.05) is 111 Å². The Hall–Kier alpha value is 0.1000. The second-order valence-corrected chi connectivity index (χ2v) is 9.73. The van der Waals surface area contributed by atoms with E-state index < -0.39 is 20.6 Å². The highest BCUT2D eigenvalue weighted by Gasteiger charge is 2.33. The topological polar surface area (TPSA) is 74.6 Å². The Bertz CT molecular complexity index is 376. The number of aliphatic carboxylic acids is 2. The third kappa shape index (κ3) is 13.3. The standard InChI is InChI=1S/C18H30Cl4O4/c19-17(20,15(23)24)13-11-9-7-5-3-1-2-4-6-8-10-12-14-18(21,22)16(25)26/h1-14H2,(H,23,24)(H,25,26). The Kier molecular flexibility index (Phi) is 14.2. The largest absolute Gasteiger partial charge is 0.479 e. The number of halogens is 4. The Morgan fingerprint density at radius 1 is 0.500 bits per heavy atom. The Labute approximate surface area is 176 Å². The maximum absolute atomic E-state index is 10.7. The van der Waals surface area contributed by atoms with Crippen LogP contribution >= 0.6 is 46.4 Å². The van der Waals surface area contributed by atoms with E-state index in [1.165, 1.54) is 25.7 Å². The molecule has 0 aromatic heterocycles. The molecule has 0 fully saturated rings. The van der Waals surface area contributed by atoms with Crippen molar-refractivity contribution in [1.29, 1.82) is 0 Å². The van der Waals surface area contributed by atoms with Gasteiger partial charge in [0.2, 0.25) is 8.67 Å². The first-order chi connectivity index (χ1) is 12.1. The number of hydrogen-bond acceptors (Lipinski definition) is 2. The lowest BCUT2D eigenvalue weighted by Gasteiger charge is -2.13. The molecule has 2 N–H and O–H groups in total. The molecule has 0 heterocycles. The van der Waals surface area contributed by atoms with E-state index in [9.17, 15) is 9.59 Å². The zero-order valence-electron chi connectivity index (χ0n) is 15.1. The molecule has 0 aromatic rings. The molecule has 0 rings (SSSR count). The lowest BCUT2D eigenvalue weighted by Crippen LogP contribution is -2.25. The lowest BCUT2D eigenvalue weighted by atomic mass is 10.0. The van der Waals surface area contributed by atoms with E-state index in [1.807, 2.05) is 0 Å². The zero-order valence-corrected chi connectivity index (χ0v) is 18.1. The smallest absolute Gasteiger partial charge is 0.340 e. The number of rotatable bonds is 17. The van der Waals surface area contributed by atoms with Crippen molar-refractivity contribution in [2.45, 2.75) is 98.6 Å². The average Bonchev–Trinajstić information content (AvgIpc) is 2.54. The molecule has 0 atom stereocenters. The third-order valence-electron chi connectivity index (χ3n) is 4.36. The van der Waals surface area contributed by atoms with Crippen molar-refractivity contribution in [1.82, 2.24) is 0 Å². The highest BCUT2D eigenvalue weighted by atomic mass is 35.5. The van der Waals surface area contributed by atoms with Gasteiger partial charge in [-0.25, -0.2) is 9.59 Å². The van der Waals surface area contributed by atoms with Gasteiger partial charge in [-0.3, -0.25) is 0 Å². The van der Waals surface area contributed by atoms with E-state index in [4.69, 9.17) is 56.6 Å². The summed E-state index contributed by atoms with van der Waals surface area (Å²) >= 11 is 22.7. The van der Waals surface area contributed by atoms with Crippen LogP contribution in [0.15, 0.2) is 0 Å². The van der Waals surface area contributed by atoms with Crippen molar-refractivity contribution in [2.24, 2.45) is 0 Å². The molecule has 0 bridgehead atoms. The molecular formula is C18H30Cl4O4. The first kappa shape index (κ1) is 26.1. The highest BCUT2D eigenvalue weighted by Crippen LogP contribution is 2.29. The fourth-order valence-electron chi connectivity index (χ4n) is 2.68. The van der Waals surface area contributed by atoms with E-state index in [-0.39, 0.29) is 12.8 Å². The van der Waals surface area contributed by atoms with Gasteiger partial charge in [-0.05, 0) is 25.7 Å². The summed E-state index contributed by atoms with van der Waals surface area (Å²) in [7, 11) is 0. The van der Waals surface area contributed by atoms with Crippen molar-refractivity contribution in [3.05, 3.63) is 0 Å². The summed E-state index contributed by atoms with van der Waals surface area (Å²) in [5.74, 6) is -2.35. The summed E-state index contributed by atoms with van der Waals surface area (Å²) in [6.45, 7) is 0. The van der Waals surface area contributed by atoms with E-state index >= 15 is 0 Å². The van der Waals surface area contributed by atoms with Crippen molar-refractivity contribution >= 4 is 58.3 Å². The van der Waals surface area contributed by atoms with Crippen LogP contribution in [0.25, 0.3) is 0 Å². The quantitative estimate of drug-likeness (QED) is 0.185. The second-order valence-electron chi connectivity index (χ2n) is 6.76. The minimum absolute atomic E-state index is 0.284. The van der Waals surface area contributed by atoms with Crippen LogP contribution in [-0.4, -0.2) is 30.8 Å². The highest BCUT2D eigenvalue weighted by molar-refractivity contribution is 6.57. The van der Waals surface area contributed by atoms with Crippen LogP contribution in [0.5, 0.6) is 0 Å². The molecule has 0 aliphatic rings. The van der Waals surface area contributed by atoms with Gasteiger partial charge in [-0.2, -0.15) is 0 Å². The van der Waals surface area contributed by atoms with E-state index in [0.717, 1.165) is 51.4 Å². The molecule has 0 amide bonds. The van der Waals surface area contributed by atoms with E-state index in [1.54, 1.807) is 0 Å². The molecule has 0 spiro atoms. The molecule has 26 heavy (non-hydrogen) atoms. The molecule has 4 nitrogen and oxygen atoms in total. The number of hydrogen-bond donors (Lipinski definition) is 2. The Balaban J connectivity index is 3.32. The second kappa shape index (κ2) is 14.1. The average molecular weight is 452 g/mol. The number of unbranched alkanes of at least 4 members (excludes halogenated alkanes) is 11. The molecule has 154 valence electrons. The van der Waals surface area contributed by atoms with Crippen LogP contribution in [0.2, 0.25) is 0 Å². The molecule has 0 aliphatic carbocycles. The number of carbonyl (C=O) groups is 2. The van der Waals surface area contributed by atoms with Gasteiger partial charge in [0.05, 0.1) is 0 Å². The van der Waals surface area contributed by atoms with Crippen LogP contribution in [0.1, 0.15) is 89.9 Å².